The van der Waals surface area contributed by atoms with Crippen molar-refractivity contribution in [1.82, 2.24) is 0 Å². The highest BCUT2D eigenvalue weighted by molar-refractivity contribution is 4.77. The Balaban J connectivity index is 3.96. The predicted octanol–water partition coefficient (Wildman–Crippen LogP) is 3.65. The Morgan fingerprint density at radius 2 is 1.47 bits per heavy atom. The van der Waals surface area contributed by atoms with E-state index in [1.807, 2.05) is 0 Å². The molecule has 0 N–H and O–H groups in total. The van der Waals surface area contributed by atoms with E-state index in [9.17, 15) is 0 Å². The number of hydrogen-bond donors (Lipinski definition) is 0. The third kappa shape index (κ3) is 6.16. The smallest absolute Gasteiger partial charge is 0.0540 e. The van der Waals surface area contributed by atoms with Gasteiger partial charge in [-0.15, -0.1) is 0 Å². The van der Waals surface area contributed by atoms with Crippen molar-refractivity contribution >= 4 is 0 Å². The van der Waals surface area contributed by atoms with Crippen molar-refractivity contribution in [3.05, 3.63) is 0 Å². The Kier molecular flexibility index (Phi) is 9.12. The standard InChI is InChI=1S/C13H28O2/c1-5-7-8-9-10-13(6-2,11-14-3)12-15-4/h5-12H2,1-4H3. The number of rotatable bonds is 10. The summed E-state index contributed by atoms with van der Waals surface area (Å²) in [5.74, 6) is 0. The van der Waals surface area contributed by atoms with Gasteiger partial charge in [-0.05, 0) is 12.8 Å². The molecular formula is C13H28O2. The van der Waals surface area contributed by atoms with E-state index < -0.39 is 0 Å². The largest absolute Gasteiger partial charge is 0.384 e. The molecule has 0 aromatic heterocycles. The van der Waals surface area contributed by atoms with Crippen molar-refractivity contribution in [2.45, 2.75) is 52.4 Å². The highest BCUT2D eigenvalue weighted by Crippen LogP contribution is 2.29. The van der Waals surface area contributed by atoms with Crippen molar-refractivity contribution in [3.63, 3.8) is 0 Å². The summed E-state index contributed by atoms with van der Waals surface area (Å²) < 4.78 is 10.7. The van der Waals surface area contributed by atoms with Crippen LogP contribution in [0.2, 0.25) is 0 Å². The average molecular weight is 216 g/mol. The van der Waals surface area contributed by atoms with Gasteiger partial charge < -0.3 is 9.47 Å². The number of unbranched alkanes of at least 4 members (excludes halogenated alkanes) is 3. The van der Waals surface area contributed by atoms with Gasteiger partial charge in [0, 0.05) is 19.6 Å². The predicted molar refractivity (Wildman–Crippen MR) is 65.2 cm³/mol. The number of hydrogen-bond acceptors (Lipinski definition) is 2. The van der Waals surface area contributed by atoms with E-state index in [0.717, 1.165) is 19.6 Å². The van der Waals surface area contributed by atoms with Crippen LogP contribution in [0, 0.1) is 5.41 Å². The second kappa shape index (κ2) is 9.17. The van der Waals surface area contributed by atoms with Gasteiger partial charge in [0.15, 0.2) is 0 Å². The molecule has 0 aliphatic rings. The summed E-state index contributed by atoms with van der Waals surface area (Å²) in [7, 11) is 3.57. The van der Waals surface area contributed by atoms with Crippen LogP contribution < -0.4 is 0 Å². The van der Waals surface area contributed by atoms with Crippen LogP contribution >= 0.6 is 0 Å². The van der Waals surface area contributed by atoms with Crippen molar-refractivity contribution in [3.8, 4) is 0 Å². The summed E-state index contributed by atoms with van der Waals surface area (Å²) in [6.45, 7) is 6.13. The summed E-state index contributed by atoms with van der Waals surface area (Å²) in [6.07, 6.45) is 7.65. The molecule has 0 saturated heterocycles. The highest BCUT2D eigenvalue weighted by atomic mass is 16.5. The fraction of sp³-hybridized carbons (Fsp3) is 1.00. The van der Waals surface area contributed by atoms with E-state index in [4.69, 9.17) is 9.47 Å². The van der Waals surface area contributed by atoms with Crippen LogP contribution in [-0.4, -0.2) is 27.4 Å². The molecule has 0 bridgehead atoms. The van der Waals surface area contributed by atoms with E-state index in [1.54, 1.807) is 14.2 Å². The van der Waals surface area contributed by atoms with E-state index >= 15 is 0 Å². The lowest BCUT2D eigenvalue weighted by molar-refractivity contribution is 0.000211. The quantitative estimate of drug-likeness (QED) is 0.519. The topological polar surface area (TPSA) is 18.5 Å². The normalized spacial score (nSPS) is 12.0. The molecule has 15 heavy (non-hydrogen) atoms. The molecule has 0 saturated carbocycles. The second-order valence-corrected chi connectivity index (χ2v) is 4.53. The van der Waals surface area contributed by atoms with Gasteiger partial charge >= 0.3 is 0 Å². The van der Waals surface area contributed by atoms with Gasteiger partial charge in [0.25, 0.3) is 0 Å². The van der Waals surface area contributed by atoms with E-state index in [-0.39, 0.29) is 5.41 Å². The first-order valence-corrected chi connectivity index (χ1v) is 6.22. The summed E-state index contributed by atoms with van der Waals surface area (Å²) in [5.41, 5.74) is 0.247. The van der Waals surface area contributed by atoms with Gasteiger partial charge in [-0.1, -0.05) is 39.5 Å². The fourth-order valence-corrected chi connectivity index (χ4v) is 2.11. The van der Waals surface area contributed by atoms with Gasteiger partial charge in [-0.25, -0.2) is 0 Å². The van der Waals surface area contributed by atoms with E-state index in [2.05, 4.69) is 13.8 Å². The summed E-state index contributed by atoms with van der Waals surface area (Å²) in [6, 6.07) is 0. The van der Waals surface area contributed by atoms with Crippen LogP contribution in [0.25, 0.3) is 0 Å². The SMILES string of the molecule is CCCCCCC(CC)(COC)COC. The molecular weight excluding hydrogens is 188 g/mol. The molecule has 0 atom stereocenters. The minimum atomic E-state index is 0.247. The average Bonchev–Trinajstić information content (AvgIpc) is 2.25. The van der Waals surface area contributed by atoms with Gasteiger partial charge in [-0.2, -0.15) is 0 Å². The van der Waals surface area contributed by atoms with Gasteiger partial charge in [-0.3, -0.25) is 0 Å². The molecule has 0 fully saturated rings. The van der Waals surface area contributed by atoms with Gasteiger partial charge in [0.05, 0.1) is 13.2 Å². The summed E-state index contributed by atoms with van der Waals surface area (Å²) in [5, 5.41) is 0. The van der Waals surface area contributed by atoms with Crippen molar-refractivity contribution < 1.29 is 9.47 Å². The zero-order valence-corrected chi connectivity index (χ0v) is 11.0. The molecule has 0 heterocycles. The van der Waals surface area contributed by atoms with Crippen LogP contribution in [-0.2, 0) is 9.47 Å². The van der Waals surface area contributed by atoms with Crippen molar-refractivity contribution in [2.75, 3.05) is 27.4 Å². The number of ether oxygens (including phenoxy) is 2. The molecule has 0 aliphatic heterocycles. The van der Waals surface area contributed by atoms with Crippen LogP contribution in [0.1, 0.15) is 52.4 Å². The Hall–Kier alpha value is -0.0800. The maximum absolute atomic E-state index is 5.33. The molecule has 92 valence electrons. The third-order valence-electron chi connectivity index (χ3n) is 3.21. The van der Waals surface area contributed by atoms with Gasteiger partial charge in [0.2, 0.25) is 0 Å². The molecule has 0 aromatic rings. The first-order valence-electron chi connectivity index (χ1n) is 6.22. The zero-order chi connectivity index (χ0) is 11.6. The van der Waals surface area contributed by atoms with Crippen LogP contribution in [0.5, 0.6) is 0 Å². The molecule has 2 heteroatoms. The molecule has 0 spiro atoms. The minimum absolute atomic E-state index is 0.247. The minimum Gasteiger partial charge on any atom is -0.384 e. The van der Waals surface area contributed by atoms with Crippen LogP contribution in [0.15, 0.2) is 0 Å². The lowest BCUT2D eigenvalue weighted by Gasteiger charge is -2.31. The summed E-state index contributed by atoms with van der Waals surface area (Å²) in [4.78, 5) is 0. The molecule has 2 nitrogen and oxygen atoms in total. The highest BCUT2D eigenvalue weighted by Gasteiger charge is 2.27. The van der Waals surface area contributed by atoms with Crippen LogP contribution in [0.3, 0.4) is 0 Å². The number of methoxy groups -OCH3 is 2. The molecule has 0 rings (SSSR count). The zero-order valence-electron chi connectivity index (χ0n) is 11.0. The lowest BCUT2D eigenvalue weighted by Crippen LogP contribution is -2.31. The van der Waals surface area contributed by atoms with E-state index in [1.165, 1.54) is 32.1 Å². The fourth-order valence-electron chi connectivity index (χ4n) is 2.11. The van der Waals surface area contributed by atoms with E-state index in [0.29, 0.717) is 0 Å². The van der Waals surface area contributed by atoms with Crippen molar-refractivity contribution in [1.29, 1.82) is 0 Å². The lowest BCUT2D eigenvalue weighted by atomic mass is 9.81. The monoisotopic (exact) mass is 216 g/mol. The molecule has 0 radical (unpaired) electrons. The first-order chi connectivity index (χ1) is 7.24. The van der Waals surface area contributed by atoms with Crippen molar-refractivity contribution in [2.24, 2.45) is 5.41 Å². The Morgan fingerprint density at radius 1 is 0.867 bits per heavy atom. The maximum Gasteiger partial charge on any atom is 0.0540 e. The second-order valence-electron chi connectivity index (χ2n) is 4.53. The van der Waals surface area contributed by atoms with Gasteiger partial charge in [0.1, 0.15) is 0 Å². The molecule has 0 aliphatic carbocycles. The Labute approximate surface area is 95.3 Å². The maximum atomic E-state index is 5.33. The molecule has 0 aromatic carbocycles. The third-order valence-corrected chi connectivity index (χ3v) is 3.21. The Morgan fingerprint density at radius 3 is 1.87 bits per heavy atom. The first kappa shape index (κ1) is 14.9. The van der Waals surface area contributed by atoms with Crippen LogP contribution in [0.4, 0.5) is 0 Å². The molecule has 0 amide bonds. The summed E-state index contributed by atoms with van der Waals surface area (Å²) >= 11 is 0. The Bertz CT molecular complexity index is 128. The molecule has 0 unspecified atom stereocenters.